The number of imide groups is 1. The summed E-state index contributed by atoms with van der Waals surface area (Å²) in [5, 5.41) is 0. The summed E-state index contributed by atoms with van der Waals surface area (Å²) in [6.45, 7) is 8.57. The van der Waals surface area contributed by atoms with Gasteiger partial charge >= 0.3 is 0 Å². The van der Waals surface area contributed by atoms with Crippen molar-refractivity contribution in [3.8, 4) is 5.75 Å². The van der Waals surface area contributed by atoms with Gasteiger partial charge in [-0.3, -0.25) is 14.5 Å². The van der Waals surface area contributed by atoms with Gasteiger partial charge in [0.15, 0.2) is 0 Å². The molecule has 0 atom stereocenters. The van der Waals surface area contributed by atoms with Crippen LogP contribution in [0.2, 0.25) is 0 Å². The fourth-order valence-electron chi connectivity index (χ4n) is 4.27. The minimum absolute atomic E-state index is 0.247. The number of aryl methyl sites for hydroxylation is 1. The van der Waals surface area contributed by atoms with Crippen molar-refractivity contribution in [2.45, 2.75) is 58.3 Å². The third-order valence-electron chi connectivity index (χ3n) is 6.71. The van der Waals surface area contributed by atoms with Gasteiger partial charge in [-0.05, 0) is 30.5 Å². The van der Waals surface area contributed by atoms with Crippen molar-refractivity contribution in [3.05, 3.63) is 42.0 Å². The molecule has 0 aromatic heterocycles. The summed E-state index contributed by atoms with van der Waals surface area (Å²) in [6, 6.07) is 8.42. The number of carbonyl (C=O) groups is 2. The van der Waals surface area contributed by atoms with E-state index in [4.69, 9.17) is 33.2 Å². The minimum atomic E-state index is -0.300. The lowest BCUT2D eigenvalue weighted by atomic mass is 10.0. The molecule has 10 heteroatoms. The maximum Gasteiger partial charge on any atom is 0.253 e. The number of hydrogen-bond acceptors (Lipinski definition) is 9. The van der Waals surface area contributed by atoms with E-state index in [-0.39, 0.29) is 25.0 Å². The van der Waals surface area contributed by atoms with E-state index in [9.17, 15) is 9.59 Å². The number of carbonyl (C=O) groups excluding carboxylic acids is 2. The van der Waals surface area contributed by atoms with Gasteiger partial charge < -0.3 is 33.2 Å². The lowest BCUT2D eigenvalue weighted by Crippen LogP contribution is -2.33. The monoisotopic (exact) mass is 607 g/mol. The Bertz CT molecular complexity index is 844. The quantitative estimate of drug-likeness (QED) is 0.0931. The van der Waals surface area contributed by atoms with Gasteiger partial charge in [0.25, 0.3) is 11.8 Å². The molecule has 0 bridgehead atoms. The average molecular weight is 608 g/mol. The fraction of sp³-hybridized carbons (Fsp3) is 0.697. The molecular weight excluding hydrogens is 554 g/mol. The molecule has 43 heavy (non-hydrogen) atoms. The maximum absolute atomic E-state index is 11.4. The molecule has 0 radical (unpaired) electrons. The van der Waals surface area contributed by atoms with Gasteiger partial charge in [-0.2, -0.15) is 0 Å². The Morgan fingerprint density at radius 1 is 0.512 bits per heavy atom. The second-order valence-electron chi connectivity index (χ2n) is 10.2. The molecule has 0 saturated heterocycles. The number of nitrogens with zero attached hydrogens (tertiary/aromatic N) is 1. The van der Waals surface area contributed by atoms with Crippen LogP contribution < -0.4 is 4.74 Å². The van der Waals surface area contributed by atoms with Crippen LogP contribution in [0.5, 0.6) is 5.75 Å². The molecule has 244 valence electrons. The highest BCUT2D eigenvalue weighted by Crippen LogP contribution is 2.15. The molecule has 0 spiro atoms. The van der Waals surface area contributed by atoms with Crippen molar-refractivity contribution in [1.29, 1.82) is 0 Å². The van der Waals surface area contributed by atoms with Crippen LogP contribution in [0.25, 0.3) is 0 Å². The summed E-state index contributed by atoms with van der Waals surface area (Å²) < 4.78 is 38.6. The predicted octanol–water partition coefficient (Wildman–Crippen LogP) is 4.38. The number of amides is 2. The summed E-state index contributed by atoms with van der Waals surface area (Å²) in [6.07, 6.45) is 13.0. The van der Waals surface area contributed by atoms with Crippen LogP contribution in [-0.4, -0.2) is 109 Å². The van der Waals surface area contributed by atoms with E-state index in [1.807, 2.05) is 12.1 Å². The van der Waals surface area contributed by atoms with Gasteiger partial charge in [0.2, 0.25) is 0 Å². The molecular formula is C33H53NO9. The van der Waals surface area contributed by atoms with Crippen LogP contribution in [-0.2, 0) is 44.4 Å². The number of unbranched alkanes of at least 4 members (excludes halogenated alkanes) is 6. The highest BCUT2D eigenvalue weighted by Gasteiger charge is 2.22. The molecule has 0 saturated carbocycles. The molecule has 1 aliphatic rings. The first-order chi connectivity index (χ1) is 21.2. The molecule has 1 aromatic carbocycles. The van der Waals surface area contributed by atoms with E-state index in [2.05, 4.69) is 19.1 Å². The van der Waals surface area contributed by atoms with Crippen molar-refractivity contribution in [2.75, 3.05) is 92.4 Å². The normalized spacial score (nSPS) is 13.0. The third-order valence-corrected chi connectivity index (χ3v) is 6.71. The first kappa shape index (κ1) is 36.8. The molecule has 2 amide bonds. The topological polar surface area (TPSA) is 102 Å². The third kappa shape index (κ3) is 19.5. The van der Waals surface area contributed by atoms with Gasteiger partial charge in [-0.25, -0.2) is 0 Å². The van der Waals surface area contributed by atoms with Gasteiger partial charge in [-0.15, -0.1) is 0 Å². The largest absolute Gasteiger partial charge is 0.491 e. The van der Waals surface area contributed by atoms with E-state index < -0.39 is 0 Å². The molecule has 0 aliphatic carbocycles. The van der Waals surface area contributed by atoms with E-state index in [1.54, 1.807) is 0 Å². The van der Waals surface area contributed by atoms with Crippen LogP contribution >= 0.6 is 0 Å². The Balaban J connectivity index is 1.24. The van der Waals surface area contributed by atoms with Crippen molar-refractivity contribution in [3.63, 3.8) is 0 Å². The highest BCUT2D eigenvalue weighted by molar-refractivity contribution is 6.12. The first-order valence-corrected chi connectivity index (χ1v) is 15.9. The lowest BCUT2D eigenvalue weighted by Gasteiger charge is -2.13. The molecule has 2 rings (SSSR count). The molecule has 10 nitrogen and oxygen atoms in total. The lowest BCUT2D eigenvalue weighted by molar-refractivity contribution is -0.137. The summed E-state index contributed by atoms with van der Waals surface area (Å²) >= 11 is 0. The smallest absolute Gasteiger partial charge is 0.253 e. The second-order valence-corrected chi connectivity index (χ2v) is 10.2. The zero-order valence-electron chi connectivity index (χ0n) is 26.1. The zero-order valence-corrected chi connectivity index (χ0v) is 26.1. The highest BCUT2D eigenvalue weighted by atomic mass is 16.6. The zero-order chi connectivity index (χ0) is 30.6. The van der Waals surface area contributed by atoms with Crippen LogP contribution in [0, 0.1) is 0 Å². The standard InChI is InChI=1S/C33H53NO9/c1-2-3-4-5-6-7-8-9-30-10-12-31(13-11-30)43-29-28-42-27-26-41-25-24-40-23-22-39-21-20-38-19-18-37-17-16-34-32(35)14-15-33(34)36/h10-15H,2-9,16-29H2,1H3. The van der Waals surface area contributed by atoms with Crippen LogP contribution in [0.4, 0.5) is 0 Å². The van der Waals surface area contributed by atoms with Crippen molar-refractivity contribution >= 4 is 11.8 Å². The summed E-state index contributed by atoms with van der Waals surface area (Å²) in [5.74, 6) is 0.280. The molecule has 1 aliphatic heterocycles. The van der Waals surface area contributed by atoms with Gasteiger partial charge in [0.05, 0.1) is 85.8 Å². The Labute approximate surface area is 257 Å². The molecule has 1 heterocycles. The number of benzene rings is 1. The number of rotatable bonds is 30. The Hall–Kier alpha value is -2.34. The molecule has 0 unspecified atom stereocenters. The summed E-state index contributed by atoms with van der Waals surface area (Å²) in [7, 11) is 0. The van der Waals surface area contributed by atoms with Crippen molar-refractivity contribution in [1.82, 2.24) is 4.90 Å². The van der Waals surface area contributed by atoms with E-state index in [1.165, 1.54) is 62.7 Å². The minimum Gasteiger partial charge on any atom is -0.491 e. The van der Waals surface area contributed by atoms with Crippen molar-refractivity contribution in [2.24, 2.45) is 0 Å². The van der Waals surface area contributed by atoms with Crippen LogP contribution in [0.15, 0.2) is 36.4 Å². The molecule has 0 fully saturated rings. The first-order valence-electron chi connectivity index (χ1n) is 15.9. The van der Waals surface area contributed by atoms with Gasteiger partial charge in [-0.1, -0.05) is 57.6 Å². The molecule has 1 aromatic rings. The average Bonchev–Trinajstić information content (AvgIpc) is 3.34. The van der Waals surface area contributed by atoms with Crippen LogP contribution in [0.3, 0.4) is 0 Å². The second kappa shape index (κ2) is 26.1. The van der Waals surface area contributed by atoms with Crippen LogP contribution in [0.1, 0.15) is 57.4 Å². The maximum atomic E-state index is 11.4. The van der Waals surface area contributed by atoms with Gasteiger partial charge in [0, 0.05) is 12.2 Å². The van der Waals surface area contributed by atoms with E-state index >= 15 is 0 Å². The Kier molecular flexibility index (Phi) is 22.4. The number of ether oxygens (including phenoxy) is 7. The Morgan fingerprint density at radius 2 is 0.930 bits per heavy atom. The molecule has 0 N–H and O–H groups in total. The van der Waals surface area contributed by atoms with E-state index in [0.29, 0.717) is 79.3 Å². The van der Waals surface area contributed by atoms with E-state index in [0.717, 1.165) is 17.1 Å². The summed E-state index contributed by atoms with van der Waals surface area (Å²) in [5.41, 5.74) is 1.37. The van der Waals surface area contributed by atoms with Gasteiger partial charge in [0.1, 0.15) is 12.4 Å². The fourth-order valence-corrected chi connectivity index (χ4v) is 4.27. The predicted molar refractivity (Wildman–Crippen MR) is 164 cm³/mol. The number of hydrogen-bond donors (Lipinski definition) is 0. The Morgan fingerprint density at radius 3 is 1.42 bits per heavy atom. The summed E-state index contributed by atoms with van der Waals surface area (Å²) in [4.78, 5) is 23.9. The van der Waals surface area contributed by atoms with Crippen molar-refractivity contribution < 1.29 is 42.7 Å². The SMILES string of the molecule is CCCCCCCCCc1ccc(OCCOCCOCCOCCOCCOCCOCCN2C(=O)C=CC2=O)cc1.